The molecule has 1 aliphatic carbocycles. The van der Waals surface area contributed by atoms with E-state index in [9.17, 15) is 9.18 Å². The predicted molar refractivity (Wildman–Crippen MR) is 82.2 cm³/mol. The average molecular weight is 299 g/mol. The summed E-state index contributed by atoms with van der Waals surface area (Å²) >= 11 is 0. The van der Waals surface area contributed by atoms with Crippen LogP contribution in [-0.4, -0.2) is 13.0 Å². The molecule has 0 aliphatic heterocycles. The number of nitrogens with one attached hydrogen (secondary N) is 1. The topological polar surface area (TPSA) is 38.3 Å². The lowest BCUT2D eigenvalue weighted by molar-refractivity contribution is -0.123. The minimum Gasteiger partial charge on any atom is -0.496 e. The number of amides is 1. The summed E-state index contributed by atoms with van der Waals surface area (Å²) in [6, 6.07) is 14.0. The molecule has 0 unspecified atom stereocenters. The molecular weight excluding hydrogens is 281 g/mol. The van der Waals surface area contributed by atoms with Gasteiger partial charge in [-0.05, 0) is 25.0 Å². The van der Waals surface area contributed by atoms with Gasteiger partial charge in [0, 0.05) is 17.7 Å². The van der Waals surface area contributed by atoms with E-state index in [2.05, 4.69) is 5.32 Å². The zero-order valence-corrected chi connectivity index (χ0v) is 12.4. The highest BCUT2D eigenvalue weighted by atomic mass is 19.1. The standard InChI is InChI=1S/C18H18FNO2/c1-22-16-9-5-2-6-13(16)12-20-17(21)18(10-11-18)14-7-3-4-8-15(14)19/h2-9H,10-12H2,1H3,(H,20,21). The van der Waals surface area contributed by atoms with E-state index in [1.54, 1.807) is 25.3 Å². The average Bonchev–Trinajstić information content (AvgIpc) is 3.35. The first kappa shape index (κ1) is 14.6. The zero-order valence-electron chi connectivity index (χ0n) is 12.4. The third-order valence-electron chi connectivity index (χ3n) is 4.21. The molecule has 0 radical (unpaired) electrons. The summed E-state index contributed by atoms with van der Waals surface area (Å²) in [5.41, 5.74) is 0.697. The first-order valence-electron chi connectivity index (χ1n) is 7.32. The molecule has 3 nitrogen and oxygen atoms in total. The smallest absolute Gasteiger partial charge is 0.231 e. The Morgan fingerprint density at radius 2 is 1.86 bits per heavy atom. The van der Waals surface area contributed by atoms with E-state index in [-0.39, 0.29) is 11.7 Å². The first-order chi connectivity index (χ1) is 10.7. The van der Waals surface area contributed by atoms with Crippen LogP contribution in [0, 0.1) is 5.82 Å². The van der Waals surface area contributed by atoms with Gasteiger partial charge in [-0.15, -0.1) is 0 Å². The molecule has 0 aromatic heterocycles. The van der Waals surface area contributed by atoms with Crippen molar-refractivity contribution in [1.29, 1.82) is 0 Å². The van der Waals surface area contributed by atoms with Gasteiger partial charge in [-0.1, -0.05) is 36.4 Å². The number of benzene rings is 2. The Kier molecular flexibility index (Phi) is 3.84. The van der Waals surface area contributed by atoms with Crippen molar-refractivity contribution in [3.63, 3.8) is 0 Å². The van der Waals surface area contributed by atoms with Crippen LogP contribution in [-0.2, 0) is 16.8 Å². The Bertz CT molecular complexity index is 695. The molecule has 0 saturated heterocycles. The number of para-hydroxylation sites is 1. The third kappa shape index (κ3) is 2.56. The van der Waals surface area contributed by atoms with E-state index in [1.807, 2.05) is 24.3 Å². The van der Waals surface area contributed by atoms with Crippen molar-refractivity contribution in [1.82, 2.24) is 5.32 Å². The van der Waals surface area contributed by atoms with Crippen LogP contribution >= 0.6 is 0 Å². The molecule has 1 aliphatic rings. The van der Waals surface area contributed by atoms with Crippen molar-refractivity contribution in [3.8, 4) is 5.75 Å². The van der Waals surface area contributed by atoms with E-state index >= 15 is 0 Å². The lowest BCUT2D eigenvalue weighted by Gasteiger charge is -2.17. The highest BCUT2D eigenvalue weighted by Crippen LogP contribution is 2.49. The minimum atomic E-state index is -0.701. The SMILES string of the molecule is COc1ccccc1CNC(=O)C1(c2ccccc2F)CC1. The van der Waals surface area contributed by atoms with E-state index < -0.39 is 5.41 Å². The van der Waals surface area contributed by atoms with E-state index in [0.29, 0.717) is 24.9 Å². The quantitative estimate of drug-likeness (QED) is 0.921. The van der Waals surface area contributed by atoms with E-state index in [0.717, 1.165) is 11.3 Å². The summed E-state index contributed by atoms with van der Waals surface area (Å²) in [5, 5.41) is 2.92. The third-order valence-corrected chi connectivity index (χ3v) is 4.21. The summed E-state index contributed by atoms with van der Waals surface area (Å²) in [6.45, 7) is 0.374. The van der Waals surface area contributed by atoms with Gasteiger partial charge in [-0.25, -0.2) is 4.39 Å². The van der Waals surface area contributed by atoms with Crippen molar-refractivity contribution in [3.05, 3.63) is 65.5 Å². The first-order valence-corrected chi connectivity index (χ1v) is 7.32. The molecule has 2 aromatic rings. The van der Waals surface area contributed by atoms with Crippen LogP contribution in [0.2, 0.25) is 0 Å². The molecule has 1 saturated carbocycles. The van der Waals surface area contributed by atoms with Crippen molar-refractivity contribution in [2.24, 2.45) is 0 Å². The number of rotatable bonds is 5. The lowest BCUT2D eigenvalue weighted by Crippen LogP contribution is -2.35. The van der Waals surface area contributed by atoms with Crippen LogP contribution in [0.4, 0.5) is 4.39 Å². The minimum absolute atomic E-state index is 0.122. The second-order valence-corrected chi connectivity index (χ2v) is 5.56. The Labute approximate surface area is 129 Å². The second-order valence-electron chi connectivity index (χ2n) is 5.56. The number of carbonyl (C=O) groups excluding carboxylic acids is 1. The monoisotopic (exact) mass is 299 g/mol. The molecule has 1 N–H and O–H groups in total. The normalized spacial score (nSPS) is 15.2. The maximum absolute atomic E-state index is 14.0. The Morgan fingerprint density at radius 1 is 1.18 bits per heavy atom. The number of halogens is 1. The van der Waals surface area contributed by atoms with Crippen molar-refractivity contribution in [2.45, 2.75) is 24.8 Å². The Balaban J connectivity index is 1.74. The molecule has 0 spiro atoms. The number of hydrogen-bond acceptors (Lipinski definition) is 2. The van der Waals surface area contributed by atoms with Gasteiger partial charge in [0.05, 0.1) is 12.5 Å². The van der Waals surface area contributed by atoms with Gasteiger partial charge < -0.3 is 10.1 Å². The van der Waals surface area contributed by atoms with Crippen LogP contribution in [0.1, 0.15) is 24.0 Å². The van der Waals surface area contributed by atoms with Crippen molar-refractivity contribution < 1.29 is 13.9 Å². The Morgan fingerprint density at radius 3 is 2.55 bits per heavy atom. The molecule has 0 heterocycles. The van der Waals surface area contributed by atoms with Crippen LogP contribution in [0.5, 0.6) is 5.75 Å². The van der Waals surface area contributed by atoms with E-state index in [4.69, 9.17) is 4.74 Å². The van der Waals surface area contributed by atoms with Crippen LogP contribution < -0.4 is 10.1 Å². The summed E-state index contributed by atoms with van der Waals surface area (Å²) in [7, 11) is 1.60. The van der Waals surface area contributed by atoms with Gasteiger partial charge >= 0.3 is 0 Å². The summed E-state index contributed by atoms with van der Waals surface area (Å²) in [6.07, 6.45) is 1.37. The fourth-order valence-corrected chi connectivity index (χ4v) is 2.79. The fourth-order valence-electron chi connectivity index (χ4n) is 2.79. The van der Waals surface area contributed by atoms with Gasteiger partial charge in [0.15, 0.2) is 0 Å². The summed E-state index contributed by atoms with van der Waals surface area (Å²) in [4.78, 5) is 12.5. The van der Waals surface area contributed by atoms with Gasteiger partial charge in [0.25, 0.3) is 0 Å². The number of ether oxygens (including phenoxy) is 1. The number of methoxy groups -OCH3 is 1. The Hall–Kier alpha value is -2.36. The number of carbonyl (C=O) groups is 1. The van der Waals surface area contributed by atoms with Crippen molar-refractivity contribution >= 4 is 5.91 Å². The molecule has 3 rings (SSSR count). The largest absolute Gasteiger partial charge is 0.496 e. The molecule has 4 heteroatoms. The highest BCUT2D eigenvalue weighted by Gasteiger charge is 2.52. The van der Waals surface area contributed by atoms with Crippen LogP contribution in [0.25, 0.3) is 0 Å². The molecule has 2 aromatic carbocycles. The van der Waals surface area contributed by atoms with Gasteiger partial charge in [-0.2, -0.15) is 0 Å². The van der Waals surface area contributed by atoms with Crippen molar-refractivity contribution in [2.75, 3.05) is 7.11 Å². The molecule has 1 amide bonds. The highest BCUT2D eigenvalue weighted by molar-refractivity contribution is 5.91. The van der Waals surface area contributed by atoms with Gasteiger partial charge in [0.1, 0.15) is 11.6 Å². The van der Waals surface area contributed by atoms with Crippen LogP contribution in [0.15, 0.2) is 48.5 Å². The molecule has 22 heavy (non-hydrogen) atoms. The second kappa shape index (κ2) is 5.79. The molecular formula is C18H18FNO2. The van der Waals surface area contributed by atoms with Gasteiger partial charge in [-0.3, -0.25) is 4.79 Å². The number of hydrogen-bond donors (Lipinski definition) is 1. The predicted octanol–water partition coefficient (Wildman–Crippen LogP) is 3.18. The molecule has 0 bridgehead atoms. The maximum atomic E-state index is 14.0. The molecule has 114 valence electrons. The fraction of sp³-hybridized carbons (Fsp3) is 0.278. The van der Waals surface area contributed by atoms with Crippen LogP contribution in [0.3, 0.4) is 0 Å². The lowest BCUT2D eigenvalue weighted by atomic mass is 9.94. The summed E-state index contributed by atoms with van der Waals surface area (Å²) in [5.74, 6) is 0.300. The zero-order chi connectivity index (χ0) is 15.6. The van der Waals surface area contributed by atoms with Gasteiger partial charge in [0.2, 0.25) is 5.91 Å². The molecule has 1 fully saturated rings. The molecule has 0 atom stereocenters. The maximum Gasteiger partial charge on any atom is 0.231 e. The van der Waals surface area contributed by atoms with E-state index in [1.165, 1.54) is 6.07 Å². The summed E-state index contributed by atoms with van der Waals surface area (Å²) < 4.78 is 19.2.